The van der Waals surface area contributed by atoms with Gasteiger partial charge in [-0.2, -0.15) is 0 Å². The number of aliphatic hydroxyl groups excluding tert-OH is 1. The maximum Gasteiger partial charge on any atom is 0.250 e. The van der Waals surface area contributed by atoms with Crippen LogP contribution < -0.4 is 10.6 Å². The first-order valence-corrected chi connectivity index (χ1v) is 8.06. The lowest BCUT2D eigenvalue weighted by Crippen LogP contribution is -2.39. The summed E-state index contributed by atoms with van der Waals surface area (Å²) in [6.45, 7) is 4.49. The van der Waals surface area contributed by atoms with E-state index in [9.17, 15) is 9.90 Å². The number of amides is 1. The molecule has 1 aliphatic heterocycles. The Hall–Kier alpha value is -1.85. The van der Waals surface area contributed by atoms with E-state index >= 15 is 0 Å². The van der Waals surface area contributed by atoms with E-state index in [0.717, 1.165) is 24.9 Å². The Morgan fingerprint density at radius 2 is 2.09 bits per heavy atom. The van der Waals surface area contributed by atoms with Gasteiger partial charge in [-0.05, 0) is 38.8 Å². The SMILES string of the molecule is CO/C(=C(/C)C(=O)N[C@H](C)[C@@H](O)c1ccccc1)[C@@H]1CCCN1. The van der Waals surface area contributed by atoms with E-state index < -0.39 is 12.1 Å². The molecule has 0 unspecified atom stereocenters. The third-order valence-corrected chi connectivity index (χ3v) is 4.28. The van der Waals surface area contributed by atoms with Crippen LogP contribution >= 0.6 is 0 Å². The molecule has 126 valence electrons. The number of benzene rings is 1. The van der Waals surface area contributed by atoms with E-state index in [0.29, 0.717) is 11.3 Å². The van der Waals surface area contributed by atoms with E-state index in [-0.39, 0.29) is 11.9 Å². The topological polar surface area (TPSA) is 70.6 Å². The van der Waals surface area contributed by atoms with Crippen molar-refractivity contribution in [1.82, 2.24) is 10.6 Å². The van der Waals surface area contributed by atoms with Crippen LogP contribution in [0.3, 0.4) is 0 Å². The van der Waals surface area contributed by atoms with Crippen LogP contribution in [-0.4, -0.2) is 36.8 Å². The molecule has 5 heteroatoms. The number of ether oxygens (including phenoxy) is 1. The van der Waals surface area contributed by atoms with Gasteiger partial charge in [-0.15, -0.1) is 0 Å². The highest BCUT2D eigenvalue weighted by Gasteiger charge is 2.25. The fourth-order valence-electron chi connectivity index (χ4n) is 2.91. The summed E-state index contributed by atoms with van der Waals surface area (Å²) >= 11 is 0. The van der Waals surface area contributed by atoms with Gasteiger partial charge in [-0.3, -0.25) is 4.79 Å². The predicted octanol–water partition coefficient (Wildman–Crippen LogP) is 1.90. The Morgan fingerprint density at radius 3 is 2.65 bits per heavy atom. The highest BCUT2D eigenvalue weighted by molar-refractivity contribution is 5.93. The third-order valence-electron chi connectivity index (χ3n) is 4.28. The molecule has 1 amide bonds. The minimum Gasteiger partial charge on any atom is -0.499 e. The van der Waals surface area contributed by atoms with Gasteiger partial charge in [0.1, 0.15) is 5.76 Å². The molecule has 2 rings (SSSR count). The maximum atomic E-state index is 12.5. The summed E-state index contributed by atoms with van der Waals surface area (Å²) in [5.41, 5.74) is 1.34. The van der Waals surface area contributed by atoms with Crippen LogP contribution in [0.4, 0.5) is 0 Å². The monoisotopic (exact) mass is 318 g/mol. The molecule has 0 spiro atoms. The van der Waals surface area contributed by atoms with Gasteiger partial charge in [0, 0.05) is 0 Å². The number of methoxy groups -OCH3 is 1. The molecule has 0 aromatic heterocycles. The molecule has 23 heavy (non-hydrogen) atoms. The Bertz CT molecular complexity index is 551. The van der Waals surface area contributed by atoms with Gasteiger partial charge in [0.15, 0.2) is 0 Å². The highest BCUT2D eigenvalue weighted by atomic mass is 16.5. The summed E-state index contributed by atoms with van der Waals surface area (Å²) in [5.74, 6) is 0.472. The lowest BCUT2D eigenvalue weighted by molar-refractivity contribution is -0.119. The molecule has 1 aromatic carbocycles. The number of rotatable bonds is 6. The molecule has 1 aliphatic rings. The van der Waals surface area contributed by atoms with Crippen molar-refractivity contribution in [3.63, 3.8) is 0 Å². The zero-order chi connectivity index (χ0) is 16.8. The van der Waals surface area contributed by atoms with Crippen LogP contribution in [0.1, 0.15) is 38.4 Å². The van der Waals surface area contributed by atoms with Gasteiger partial charge in [0.25, 0.3) is 5.91 Å². The van der Waals surface area contributed by atoms with Crippen LogP contribution in [0.2, 0.25) is 0 Å². The maximum absolute atomic E-state index is 12.5. The van der Waals surface area contributed by atoms with Crippen molar-refractivity contribution in [2.75, 3.05) is 13.7 Å². The molecule has 1 heterocycles. The quantitative estimate of drug-likeness (QED) is 0.553. The fraction of sp³-hybridized carbons (Fsp3) is 0.500. The molecule has 0 bridgehead atoms. The second-order valence-corrected chi connectivity index (χ2v) is 5.96. The minimum absolute atomic E-state index is 0.0973. The first kappa shape index (κ1) is 17.5. The number of nitrogens with one attached hydrogen (secondary N) is 2. The van der Waals surface area contributed by atoms with Gasteiger partial charge in [0.2, 0.25) is 0 Å². The molecule has 0 aliphatic carbocycles. The lowest BCUT2D eigenvalue weighted by atomic mass is 10.0. The van der Waals surface area contributed by atoms with Gasteiger partial charge >= 0.3 is 0 Å². The molecule has 1 fully saturated rings. The molecule has 1 saturated heterocycles. The van der Waals surface area contributed by atoms with Gasteiger partial charge in [0.05, 0.1) is 30.9 Å². The molecule has 3 N–H and O–H groups in total. The van der Waals surface area contributed by atoms with Crippen LogP contribution in [0.15, 0.2) is 41.7 Å². The highest BCUT2D eigenvalue weighted by Crippen LogP contribution is 2.20. The second kappa shape index (κ2) is 8.13. The van der Waals surface area contributed by atoms with Crippen molar-refractivity contribution in [2.45, 2.75) is 44.9 Å². The Labute approximate surface area is 137 Å². The number of aliphatic hydroxyl groups is 1. The summed E-state index contributed by atoms with van der Waals surface area (Å²) in [6.07, 6.45) is 1.30. The molecule has 1 aromatic rings. The number of carbonyl (C=O) groups excluding carboxylic acids is 1. The van der Waals surface area contributed by atoms with Crippen LogP contribution in [0.25, 0.3) is 0 Å². The summed E-state index contributed by atoms with van der Waals surface area (Å²) in [5, 5.41) is 16.5. The number of carbonyl (C=O) groups is 1. The average molecular weight is 318 g/mol. The van der Waals surface area contributed by atoms with Gasteiger partial charge < -0.3 is 20.5 Å². The Balaban J connectivity index is 2.04. The van der Waals surface area contributed by atoms with E-state index in [1.807, 2.05) is 30.3 Å². The zero-order valence-electron chi connectivity index (χ0n) is 14.0. The van der Waals surface area contributed by atoms with Gasteiger partial charge in [-0.1, -0.05) is 30.3 Å². The van der Waals surface area contributed by atoms with E-state index in [1.165, 1.54) is 0 Å². The minimum atomic E-state index is -0.747. The molecule has 3 atom stereocenters. The summed E-state index contributed by atoms with van der Waals surface area (Å²) in [4.78, 5) is 12.5. The van der Waals surface area contributed by atoms with Crippen molar-refractivity contribution in [3.8, 4) is 0 Å². The first-order chi connectivity index (χ1) is 11.0. The van der Waals surface area contributed by atoms with Crippen LogP contribution in [0.5, 0.6) is 0 Å². The molecular weight excluding hydrogens is 292 g/mol. The molecule has 0 radical (unpaired) electrons. The third kappa shape index (κ3) is 4.33. The van der Waals surface area contributed by atoms with Crippen molar-refractivity contribution in [2.24, 2.45) is 0 Å². The van der Waals surface area contributed by atoms with Crippen molar-refractivity contribution in [3.05, 3.63) is 47.2 Å². The van der Waals surface area contributed by atoms with Crippen molar-refractivity contribution < 1.29 is 14.6 Å². The van der Waals surface area contributed by atoms with Crippen LogP contribution in [0, 0.1) is 0 Å². The summed E-state index contributed by atoms with van der Waals surface area (Å²) in [7, 11) is 1.59. The average Bonchev–Trinajstić information content (AvgIpc) is 3.09. The fourth-order valence-corrected chi connectivity index (χ4v) is 2.91. The number of hydrogen-bond donors (Lipinski definition) is 3. The summed E-state index contributed by atoms with van der Waals surface area (Å²) < 4.78 is 5.44. The van der Waals surface area contributed by atoms with E-state index in [4.69, 9.17) is 4.74 Å². The van der Waals surface area contributed by atoms with Crippen molar-refractivity contribution in [1.29, 1.82) is 0 Å². The second-order valence-electron chi connectivity index (χ2n) is 5.96. The summed E-state index contributed by atoms with van der Waals surface area (Å²) in [6, 6.07) is 9.03. The Kier molecular flexibility index (Phi) is 6.19. The molecular formula is C18H26N2O3. The normalized spacial score (nSPS) is 21.3. The zero-order valence-corrected chi connectivity index (χ0v) is 14.0. The smallest absolute Gasteiger partial charge is 0.250 e. The largest absolute Gasteiger partial charge is 0.499 e. The lowest BCUT2D eigenvalue weighted by Gasteiger charge is -2.22. The predicted molar refractivity (Wildman–Crippen MR) is 89.7 cm³/mol. The molecule has 5 nitrogen and oxygen atoms in total. The first-order valence-electron chi connectivity index (χ1n) is 8.06. The van der Waals surface area contributed by atoms with E-state index in [2.05, 4.69) is 10.6 Å². The molecule has 0 saturated carbocycles. The van der Waals surface area contributed by atoms with Crippen molar-refractivity contribution >= 4 is 5.91 Å². The van der Waals surface area contributed by atoms with Crippen LogP contribution in [-0.2, 0) is 9.53 Å². The Morgan fingerprint density at radius 1 is 1.39 bits per heavy atom. The number of hydrogen-bond acceptors (Lipinski definition) is 4. The van der Waals surface area contributed by atoms with Gasteiger partial charge in [-0.25, -0.2) is 0 Å². The van der Waals surface area contributed by atoms with E-state index in [1.54, 1.807) is 21.0 Å². The standard InChI is InChI=1S/C18H26N2O3/c1-12(17(23-3)15-10-7-11-19-15)18(22)20-13(2)16(21)14-8-5-4-6-9-14/h4-6,8-9,13,15-16,19,21H,7,10-11H2,1-3H3,(H,20,22)/b17-12-/t13-,15+,16-/m1/s1.